The summed E-state index contributed by atoms with van der Waals surface area (Å²) in [6.45, 7) is 4.21. The van der Waals surface area contributed by atoms with Gasteiger partial charge in [-0.25, -0.2) is 9.88 Å². The van der Waals surface area contributed by atoms with E-state index < -0.39 is 0 Å². The summed E-state index contributed by atoms with van der Waals surface area (Å²) >= 11 is 6.02. The van der Waals surface area contributed by atoms with Crippen LogP contribution in [0, 0.1) is 5.92 Å². The highest BCUT2D eigenvalue weighted by Crippen LogP contribution is 2.37. The fourth-order valence-corrected chi connectivity index (χ4v) is 3.41. The minimum atomic E-state index is -0.348. The zero-order valence-corrected chi connectivity index (χ0v) is 14.9. The molecule has 0 saturated heterocycles. The van der Waals surface area contributed by atoms with Crippen LogP contribution in [-0.4, -0.2) is 22.8 Å². The first-order chi connectivity index (χ1) is 12.0. The fourth-order valence-electron chi connectivity index (χ4n) is 3.28. The average Bonchev–Trinajstić information content (AvgIpc) is 2.91. The van der Waals surface area contributed by atoms with Crippen molar-refractivity contribution < 1.29 is 4.79 Å². The molecule has 0 radical (unpaired) electrons. The smallest absolute Gasteiger partial charge is 0.258 e. The molecule has 2 aliphatic heterocycles. The van der Waals surface area contributed by atoms with Gasteiger partial charge in [-0.15, -0.1) is 0 Å². The van der Waals surface area contributed by atoms with Crippen molar-refractivity contribution in [3.05, 3.63) is 58.7 Å². The van der Waals surface area contributed by atoms with E-state index in [2.05, 4.69) is 18.8 Å². The number of benzene rings is 1. The summed E-state index contributed by atoms with van der Waals surface area (Å²) in [5.74, 6) is 1.74. The number of pyridine rings is 1. The minimum absolute atomic E-state index is 0.00298. The summed E-state index contributed by atoms with van der Waals surface area (Å²) in [6.07, 6.45) is 4.49. The molecule has 0 N–H and O–H groups in total. The SMILES string of the molecule is CC(C)CC1N=C2C(c3ccc(Cl)cc3)=Cc3cccnc3N2C1=O. The van der Waals surface area contributed by atoms with Crippen LogP contribution in [0.2, 0.25) is 5.02 Å². The minimum Gasteiger partial charge on any atom is -0.272 e. The Labute approximate surface area is 151 Å². The summed E-state index contributed by atoms with van der Waals surface area (Å²) < 4.78 is 0. The van der Waals surface area contributed by atoms with Crippen molar-refractivity contribution >= 4 is 40.8 Å². The van der Waals surface area contributed by atoms with E-state index in [0.717, 1.165) is 23.1 Å². The van der Waals surface area contributed by atoms with Crippen LogP contribution in [0.3, 0.4) is 0 Å². The molecular weight excluding hydrogens is 334 g/mol. The van der Waals surface area contributed by atoms with Gasteiger partial charge in [-0.05, 0) is 48.2 Å². The van der Waals surface area contributed by atoms with E-state index in [0.29, 0.717) is 22.6 Å². The number of hydrogen-bond acceptors (Lipinski definition) is 3. The molecule has 1 atom stereocenters. The Hall–Kier alpha value is -2.46. The van der Waals surface area contributed by atoms with Gasteiger partial charge >= 0.3 is 0 Å². The maximum Gasteiger partial charge on any atom is 0.258 e. The lowest BCUT2D eigenvalue weighted by atomic mass is 9.98. The Bertz CT molecular complexity index is 899. The van der Waals surface area contributed by atoms with Crippen LogP contribution in [0.15, 0.2) is 47.6 Å². The zero-order valence-electron chi connectivity index (χ0n) is 14.1. The number of carbonyl (C=O) groups is 1. The van der Waals surface area contributed by atoms with Crippen LogP contribution in [0.1, 0.15) is 31.4 Å². The number of anilines is 1. The molecule has 1 aromatic heterocycles. The number of amidine groups is 1. The quantitative estimate of drug-likeness (QED) is 0.820. The predicted octanol–water partition coefficient (Wildman–Crippen LogP) is 4.45. The highest BCUT2D eigenvalue weighted by Gasteiger charge is 2.41. The first-order valence-electron chi connectivity index (χ1n) is 8.39. The Morgan fingerprint density at radius 3 is 2.68 bits per heavy atom. The van der Waals surface area contributed by atoms with Crippen LogP contribution < -0.4 is 4.90 Å². The molecule has 3 heterocycles. The van der Waals surface area contributed by atoms with Crippen LogP contribution in [0.4, 0.5) is 5.82 Å². The van der Waals surface area contributed by atoms with E-state index in [4.69, 9.17) is 16.6 Å². The second-order valence-corrected chi connectivity index (χ2v) is 7.19. The number of hydrogen-bond donors (Lipinski definition) is 0. The number of aromatic nitrogens is 1. The molecule has 2 aliphatic rings. The van der Waals surface area contributed by atoms with Crippen molar-refractivity contribution in [2.75, 3.05) is 4.90 Å². The number of rotatable bonds is 3. The molecule has 126 valence electrons. The van der Waals surface area contributed by atoms with E-state index in [-0.39, 0.29) is 11.9 Å². The lowest BCUT2D eigenvalue weighted by Gasteiger charge is -2.26. The first kappa shape index (κ1) is 16.0. The van der Waals surface area contributed by atoms with Crippen molar-refractivity contribution in [2.24, 2.45) is 10.9 Å². The molecule has 0 fully saturated rings. The molecule has 1 aromatic carbocycles. The van der Waals surface area contributed by atoms with E-state index >= 15 is 0 Å². The van der Waals surface area contributed by atoms with Crippen LogP contribution in [0.5, 0.6) is 0 Å². The van der Waals surface area contributed by atoms with Gasteiger partial charge < -0.3 is 0 Å². The van der Waals surface area contributed by atoms with Crippen molar-refractivity contribution in [1.29, 1.82) is 0 Å². The highest BCUT2D eigenvalue weighted by atomic mass is 35.5. The summed E-state index contributed by atoms with van der Waals surface area (Å²) in [4.78, 5) is 23.9. The topological polar surface area (TPSA) is 45.6 Å². The van der Waals surface area contributed by atoms with Gasteiger partial charge in [0.2, 0.25) is 0 Å². The Balaban J connectivity index is 1.86. The number of amides is 1. The third kappa shape index (κ3) is 2.76. The van der Waals surface area contributed by atoms with Gasteiger partial charge in [0.15, 0.2) is 0 Å². The number of carbonyl (C=O) groups excluding carboxylic acids is 1. The van der Waals surface area contributed by atoms with Gasteiger partial charge in [0, 0.05) is 22.4 Å². The Morgan fingerprint density at radius 2 is 1.96 bits per heavy atom. The Morgan fingerprint density at radius 1 is 1.20 bits per heavy atom. The lowest BCUT2D eigenvalue weighted by Crippen LogP contribution is -2.38. The third-order valence-corrected chi connectivity index (χ3v) is 4.67. The van der Waals surface area contributed by atoms with E-state index in [9.17, 15) is 4.79 Å². The molecule has 2 aromatic rings. The van der Waals surface area contributed by atoms with E-state index in [1.54, 1.807) is 11.1 Å². The molecule has 0 saturated carbocycles. The molecule has 1 amide bonds. The number of aliphatic imine (C=N–C) groups is 1. The number of nitrogens with zero attached hydrogens (tertiary/aromatic N) is 3. The normalized spacial score (nSPS) is 18.8. The van der Waals surface area contributed by atoms with Gasteiger partial charge in [0.25, 0.3) is 5.91 Å². The monoisotopic (exact) mass is 351 g/mol. The second-order valence-electron chi connectivity index (χ2n) is 6.75. The standard InChI is InChI=1S/C20H18ClN3O/c1-12(2)10-17-20(25)24-18-14(4-3-9-22-18)11-16(19(24)23-17)13-5-7-15(21)8-6-13/h3-9,11-12,17H,10H2,1-2H3. The van der Waals surface area contributed by atoms with Gasteiger partial charge in [-0.3, -0.25) is 9.79 Å². The zero-order chi connectivity index (χ0) is 17.6. The van der Waals surface area contributed by atoms with E-state index in [1.165, 1.54) is 0 Å². The molecule has 25 heavy (non-hydrogen) atoms. The Kier molecular flexibility index (Phi) is 3.92. The van der Waals surface area contributed by atoms with Crippen molar-refractivity contribution in [3.63, 3.8) is 0 Å². The number of halogens is 1. The van der Waals surface area contributed by atoms with Gasteiger partial charge in [0.1, 0.15) is 17.7 Å². The maximum atomic E-state index is 13.0. The summed E-state index contributed by atoms with van der Waals surface area (Å²) in [6, 6.07) is 11.1. The molecule has 0 aliphatic carbocycles. The molecule has 0 spiro atoms. The van der Waals surface area contributed by atoms with Gasteiger partial charge in [-0.2, -0.15) is 0 Å². The van der Waals surface area contributed by atoms with Gasteiger partial charge in [0.05, 0.1) is 0 Å². The summed E-state index contributed by atoms with van der Waals surface area (Å²) in [5, 5.41) is 0.682. The molecule has 0 bridgehead atoms. The maximum absolute atomic E-state index is 13.0. The molecule has 4 nitrogen and oxygen atoms in total. The average molecular weight is 352 g/mol. The summed E-state index contributed by atoms with van der Waals surface area (Å²) in [7, 11) is 0. The fraction of sp³-hybridized carbons (Fsp3) is 0.250. The van der Waals surface area contributed by atoms with Crippen LogP contribution in [-0.2, 0) is 4.79 Å². The predicted molar refractivity (Wildman–Crippen MR) is 102 cm³/mol. The molecule has 1 unspecified atom stereocenters. The van der Waals surface area contributed by atoms with Gasteiger partial charge in [-0.1, -0.05) is 37.6 Å². The third-order valence-electron chi connectivity index (χ3n) is 4.41. The molecule has 4 rings (SSSR count). The lowest BCUT2D eigenvalue weighted by molar-refractivity contribution is -0.118. The van der Waals surface area contributed by atoms with Crippen molar-refractivity contribution in [2.45, 2.75) is 26.3 Å². The van der Waals surface area contributed by atoms with Crippen LogP contribution >= 0.6 is 11.6 Å². The van der Waals surface area contributed by atoms with Crippen LogP contribution in [0.25, 0.3) is 11.6 Å². The summed E-state index contributed by atoms with van der Waals surface area (Å²) in [5.41, 5.74) is 2.84. The van der Waals surface area contributed by atoms with E-state index in [1.807, 2.05) is 42.5 Å². The number of fused-ring (bicyclic) bond motifs is 3. The molecule has 5 heteroatoms. The van der Waals surface area contributed by atoms with Crippen molar-refractivity contribution in [3.8, 4) is 0 Å². The highest BCUT2D eigenvalue weighted by molar-refractivity contribution is 6.43. The molecular formula is C20H18ClN3O. The largest absolute Gasteiger partial charge is 0.272 e. The first-order valence-corrected chi connectivity index (χ1v) is 8.77. The second kappa shape index (κ2) is 6.12. The van der Waals surface area contributed by atoms with Crippen molar-refractivity contribution in [1.82, 2.24) is 4.98 Å².